The molecule has 0 spiro atoms. The zero-order valence-electron chi connectivity index (χ0n) is 17.1. The maximum atomic E-state index is 12.6. The third-order valence-corrected chi connectivity index (χ3v) is 5.10. The number of rotatable bonds is 4. The van der Waals surface area contributed by atoms with Crippen LogP contribution in [0.1, 0.15) is 49.0 Å². The van der Waals surface area contributed by atoms with Crippen molar-refractivity contribution in [2.75, 3.05) is 20.8 Å². The molecule has 3 rings (SSSR count). The van der Waals surface area contributed by atoms with E-state index < -0.39 is 0 Å². The summed E-state index contributed by atoms with van der Waals surface area (Å²) in [6, 6.07) is 3.92. The van der Waals surface area contributed by atoms with E-state index in [1.54, 1.807) is 14.2 Å². The van der Waals surface area contributed by atoms with Crippen molar-refractivity contribution in [2.24, 2.45) is 0 Å². The van der Waals surface area contributed by atoms with Crippen molar-refractivity contribution in [1.82, 2.24) is 14.9 Å². The number of ether oxygens (including phenoxy) is 2. The lowest BCUT2D eigenvalue weighted by Crippen LogP contribution is -2.37. The largest absolute Gasteiger partial charge is 0.497 e. The molecule has 0 saturated heterocycles. The van der Waals surface area contributed by atoms with Crippen LogP contribution in [0.5, 0.6) is 11.5 Å². The molecule has 0 fully saturated rings. The first-order valence-electron chi connectivity index (χ1n) is 9.29. The molecule has 0 bridgehead atoms. The van der Waals surface area contributed by atoms with Gasteiger partial charge in [-0.05, 0) is 18.6 Å². The van der Waals surface area contributed by atoms with Crippen LogP contribution in [0.3, 0.4) is 0 Å². The van der Waals surface area contributed by atoms with Crippen LogP contribution in [-0.2, 0) is 24.9 Å². The summed E-state index contributed by atoms with van der Waals surface area (Å²) in [6.07, 6.45) is 0.778. The lowest BCUT2D eigenvalue weighted by Gasteiger charge is -2.30. The second-order valence-corrected chi connectivity index (χ2v) is 8.18. The van der Waals surface area contributed by atoms with Crippen LogP contribution in [0.25, 0.3) is 0 Å². The van der Waals surface area contributed by atoms with Gasteiger partial charge in [0.05, 0.1) is 25.5 Å². The van der Waals surface area contributed by atoms with Gasteiger partial charge in [-0.15, -0.1) is 0 Å². The minimum atomic E-state index is -0.168. The second kappa shape index (κ2) is 7.35. The molecule has 146 valence electrons. The van der Waals surface area contributed by atoms with Crippen molar-refractivity contribution in [3.05, 3.63) is 50.7 Å². The molecule has 0 aliphatic carbocycles. The number of hydrogen-bond donors (Lipinski definition) is 1. The minimum Gasteiger partial charge on any atom is -0.497 e. The van der Waals surface area contributed by atoms with Crippen molar-refractivity contribution in [3.63, 3.8) is 0 Å². The van der Waals surface area contributed by atoms with Crippen LogP contribution < -0.4 is 15.0 Å². The Morgan fingerprint density at radius 2 is 1.96 bits per heavy atom. The topological polar surface area (TPSA) is 67.5 Å². The van der Waals surface area contributed by atoms with E-state index in [1.807, 2.05) is 12.1 Å². The van der Waals surface area contributed by atoms with Crippen LogP contribution >= 0.6 is 0 Å². The fourth-order valence-corrected chi connectivity index (χ4v) is 3.45. The molecule has 0 saturated carbocycles. The standard InChI is InChI=1S/C21H29N3O3/c1-13-9-14(26-5)10-18(27-6)15(13)11-24-8-7-17-16(12-24)19(25)23-20(22-17)21(2,3)4/h9-10H,7-8,11-12H2,1-6H3,(H,22,23,25). The number of nitrogens with zero attached hydrogens (tertiary/aromatic N) is 2. The second-order valence-electron chi connectivity index (χ2n) is 8.18. The van der Waals surface area contributed by atoms with Crippen LogP contribution in [0.4, 0.5) is 0 Å². The Kier molecular flexibility index (Phi) is 5.29. The Balaban J connectivity index is 1.87. The lowest BCUT2D eigenvalue weighted by molar-refractivity contribution is 0.236. The maximum absolute atomic E-state index is 12.6. The molecule has 0 atom stereocenters. The summed E-state index contributed by atoms with van der Waals surface area (Å²) in [4.78, 5) is 22.6. The Morgan fingerprint density at radius 3 is 2.59 bits per heavy atom. The predicted octanol–water partition coefficient (Wildman–Crippen LogP) is 2.95. The molecule has 2 aromatic rings. The average molecular weight is 371 g/mol. The highest BCUT2D eigenvalue weighted by Crippen LogP contribution is 2.30. The van der Waals surface area contributed by atoms with Crippen LogP contribution in [0.2, 0.25) is 0 Å². The van der Waals surface area contributed by atoms with Crippen molar-refractivity contribution in [2.45, 2.75) is 52.6 Å². The number of benzene rings is 1. The number of aromatic amines is 1. The number of aromatic nitrogens is 2. The molecule has 6 heteroatoms. The number of H-pyrrole nitrogens is 1. The molecule has 1 aliphatic rings. The molecule has 1 N–H and O–H groups in total. The van der Waals surface area contributed by atoms with E-state index >= 15 is 0 Å². The fourth-order valence-electron chi connectivity index (χ4n) is 3.45. The maximum Gasteiger partial charge on any atom is 0.255 e. The number of aryl methyl sites for hydroxylation is 1. The van der Waals surface area contributed by atoms with E-state index in [9.17, 15) is 4.79 Å². The Hall–Kier alpha value is -2.34. The SMILES string of the molecule is COc1cc(C)c(CN2CCc3nc(C(C)(C)C)[nH]c(=O)c3C2)c(OC)c1. The third-order valence-electron chi connectivity index (χ3n) is 5.10. The van der Waals surface area contributed by atoms with Crippen molar-refractivity contribution in [1.29, 1.82) is 0 Å². The summed E-state index contributed by atoms with van der Waals surface area (Å²) in [6.45, 7) is 10.4. The van der Waals surface area contributed by atoms with Gasteiger partial charge in [0, 0.05) is 43.1 Å². The zero-order chi connectivity index (χ0) is 19.8. The molecule has 1 aromatic carbocycles. The van der Waals surface area contributed by atoms with Gasteiger partial charge in [0.1, 0.15) is 17.3 Å². The first-order valence-corrected chi connectivity index (χ1v) is 9.29. The molecule has 1 aromatic heterocycles. The van der Waals surface area contributed by atoms with Crippen molar-refractivity contribution >= 4 is 0 Å². The van der Waals surface area contributed by atoms with Crippen molar-refractivity contribution < 1.29 is 9.47 Å². The minimum absolute atomic E-state index is 0.0203. The molecular formula is C21H29N3O3. The number of hydrogen-bond acceptors (Lipinski definition) is 5. The molecule has 0 radical (unpaired) electrons. The van der Waals surface area contributed by atoms with Crippen LogP contribution in [0, 0.1) is 6.92 Å². The number of nitrogens with one attached hydrogen (secondary N) is 1. The highest BCUT2D eigenvalue weighted by Gasteiger charge is 2.25. The summed E-state index contributed by atoms with van der Waals surface area (Å²) < 4.78 is 10.9. The first-order chi connectivity index (χ1) is 12.7. The highest BCUT2D eigenvalue weighted by molar-refractivity contribution is 5.46. The Morgan fingerprint density at radius 1 is 1.22 bits per heavy atom. The quantitative estimate of drug-likeness (QED) is 0.895. The van der Waals surface area contributed by atoms with Gasteiger partial charge in [-0.2, -0.15) is 0 Å². The van der Waals surface area contributed by atoms with Gasteiger partial charge >= 0.3 is 0 Å². The summed E-state index contributed by atoms with van der Waals surface area (Å²) in [5, 5.41) is 0. The molecule has 6 nitrogen and oxygen atoms in total. The van der Waals surface area contributed by atoms with Crippen LogP contribution in [0.15, 0.2) is 16.9 Å². The van der Waals surface area contributed by atoms with Gasteiger partial charge in [0.2, 0.25) is 0 Å². The summed E-state index contributed by atoms with van der Waals surface area (Å²) >= 11 is 0. The van der Waals surface area contributed by atoms with E-state index in [-0.39, 0.29) is 11.0 Å². The van der Waals surface area contributed by atoms with Gasteiger partial charge in [-0.3, -0.25) is 9.69 Å². The van der Waals surface area contributed by atoms with Crippen molar-refractivity contribution in [3.8, 4) is 11.5 Å². The third kappa shape index (κ3) is 4.00. The molecule has 0 unspecified atom stereocenters. The molecule has 2 heterocycles. The van der Waals surface area contributed by atoms with Gasteiger partial charge in [-0.1, -0.05) is 20.8 Å². The summed E-state index contributed by atoms with van der Waals surface area (Å²) in [7, 11) is 3.33. The lowest BCUT2D eigenvalue weighted by atomic mass is 9.94. The Bertz CT molecular complexity index is 897. The smallest absolute Gasteiger partial charge is 0.255 e. The van der Waals surface area contributed by atoms with Crippen LogP contribution in [-0.4, -0.2) is 35.6 Å². The Labute approximate surface area is 160 Å². The van der Waals surface area contributed by atoms with Gasteiger partial charge < -0.3 is 14.5 Å². The summed E-state index contributed by atoms with van der Waals surface area (Å²) in [5.41, 5.74) is 3.76. The molecule has 0 amide bonds. The predicted molar refractivity (Wildman–Crippen MR) is 106 cm³/mol. The first kappa shape index (κ1) is 19.4. The number of fused-ring (bicyclic) bond motifs is 1. The number of methoxy groups -OCH3 is 2. The van der Waals surface area contributed by atoms with Gasteiger partial charge in [0.25, 0.3) is 5.56 Å². The zero-order valence-corrected chi connectivity index (χ0v) is 17.1. The van der Waals surface area contributed by atoms with E-state index in [0.717, 1.165) is 59.2 Å². The van der Waals surface area contributed by atoms with E-state index in [1.165, 1.54) is 0 Å². The molecule has 27 heavy (non-hydrogen) atoms. The van der Waals surface area contributed by atoms with E-state index in [2.05, 4.69) is 37.6 Å². The molecule has 1 aliphatic heterocycles. The highest BCUT2D eigenvalue weighted by atomic mass is 16.5. The summed E-state index contributed by atoms with van der Waals surface area (Å²) in [5.74, 6) is 2.35. The van der Waals surface area contributed by atoms with E-state index in [0.29, 0.717) is 6.54 Å². The monoisotopic (exact) mass is 371 g/mol. The molecular weight excluding hydrogens is 342 g/mol. The fraction of sp³-hybridized carbons (Fsp3) is 0.524. The van der Waals surface area contributed by atoms with Gasteiger partial charge in [-0.25, -0.2) is 4.98 Å². The van der Waals surface area contributed by atoms with E-state index in [4.69, 9.17) is 14.5 Å². The van der Waals surface area contributed by atoms with Gasteiger partial charge in [0.15, 0.2) is 0 Å². The normalized spacial score (nSPS) is 14.7. The average Bonchev–Trinajstić information content (AvgIpc) is 2.62.